The Kier molecular flexibility index (Phi) is 4.78. The van der Waals surface area contributed by atoms with Gasteiger partial charge in [-0.3, -0.25) is 20.2 Å². The average molecular weight is 393 g/mol. The van der Waals surface area contributed by atoms with Crippen LogP contribution >= 0.6 is 0 Å². The Labute approximate surface area is 164 Å². The van der Waals surface area contributed by atoms with Gasteiger partial charge in [-0.15, -0.1) is 0 Å². The predicted octanol–water partition coefficient (Wildman–Crippen LogP) is 4.76. The molecule has 0 amide bonds. The average Bonchev–Trinajstić information content (AvgIpc) is 2.74. The van der Waals surface area contributed by atoms with Gasteiger partial charge >= 0.3 is 0 Å². The molecule has 0 N–H and O–H groups in total. The van der Waals surface area contributed by atoms with Crippen LogP contribution in [0.4, 0.5) is 11.4 Å². The Hall–Kier alpha value is -4.01. The summed E-state index contributed by atoms with van der Waals surface area (Å²) in [5, 5.41) is 21.7. The summed E-state index contributed by atoms with van der Waals surface area (Å²) in [5.41, 5.74) is 1.64. The number of pyridine rings is 1. The summed E-state index contributed by atoms with van der Waals surface area (Å²) >= 11 is 0. The molecule has 4 rings (SSSR count). The van der Waals surface area contributed by atoms with Crippen molar-refractivity contribution in [3.8, 4) is 17.4 Å². The highest BCUT2D eigenvalue weighted by Gasteiger charge is 2.23. The van der Waals surface area contributed by atoms with E-state index in [0.29, 0.717) is 24.3 Å². The van der Waals surface area contributed by atoms with Gasteiger partial charge in [0.2, 0.25) is 5.88 Å². The summed E-state index contributed by atoms with van der Waals surface area (Å²) in [6, 6.07) is 14.6. The van der Waals surface area contributed by atoms with Gasteiger partial charge in [-0.1, -0.05) is 12.1 Å². The normalized spacial score (nSPS) is 15.1. The van der Waals surface area contributed by atoms with E-state index < -0.39 is 9.85 Å². The summed E-state index contributed by atoms with van der Waals surface area (Å²) < 4.78 is 11.7. The SMILES string of the molecule is O=[N+]([O-])c1ccc(Oc2ccc3c(c2)CCC(c2cccc([N+](=O)[O-])c2)O3)nc1. The minimum absolute atomic E-state index is 0.0382. The number of aromatic nitrogens is 1. The zero-order valence-corrected chi connectivity index (χ0v) is 15.1. The number of aryl methyl sites for hydroxylation is 1. The summed E-state index contributed by atoms with van der Waals surface area (Å²) in [5.74, 6) is 1.49. The molecular formula is C20H15N3O6. The van der Waals surface area contributed by atoms with Gasteiger partial charge in [-0.2, -0.15) is 0 Å². The number of hydrogen-bond donors (Lipinski definition) is 0. The lowest BCUT2D eigenvalue weighted by Crippen LogP contribution is -2.15. The summed E-state index contributed by atoms with van der Waals surface area (Å²) in [6.07, 6.45) is 2.27. The molecule has 3 aromatic rings. The van der Waals surface area contributed by atoms with Crippen LogP contribution in [0.15, 0.2) is 60.8 Å². The number of rotatable bonds is 5. The van der Waals surface area contributed by atoms with Gasteiger partial charge in [0.05, 0.1) is 9.85 Å². The van der Waals surface area contributed by atoms with Gasteiger partial charge in [0.1, 0.15) is 23.8 Å². The smallest absolute Gasteiger partial charge is 0.287 e. The first-order chi connectivity index (χ1) is 14.0. The van der Waals surface area contributed by atoms with Crippen molar-refractivity contribution in [2.45, 2.75) is 18.9 Å². The van der Waals surface area contributed by atoms with Gasteiger partial charge in [-0.05, 0) is 42.2 Å². The molecule has 1 aliphatic heterocycles. The van der Waals surface area contributed by atoms with Crippen LogP contribution in [0, 0.1) is 20.2 Å². The second-order valence-corrected chi connectivity index (χ2v) is 6.48. The lowest BCUT2D eigenvalue weighted by Gasteiger charge is -2.26. The molecule has 0 fully saturated rings. The van der Waals surface area contributed by atoms with Crippen molar-refractivity contribution in [3.63, 3.8) is 0 Å². The van der Waals surface area contributed by atoms with E-state index in [0.717, 1.165) is 17.3 Å². The van der Waals surface area contributed by atoms with Crippen molar-refractivity contribution >= 4 is 11.4 Å². The molecule has 0 radical (unpaired) electrons. The maximum atomic E-state index is 11.0. The number of hydrogen-bond acceptors (Lipinski definition) is 7. The molecule has 0 bridgehead atoms. The monoisotopic (exact) mass is 393 g/mol. The Morgan fingerprint density at radius 3 is 2.55 bits per heavy atom. The molecule has 0 spiro atoms. The van der Waals surface area contributed by atoms with E-state index in [-0.39, 0.29) is 23.4 Å². The first-order valence-electron chi connectivity index (χ1n) is 8.82. The zero-order valence-electron chi connectivity index (χ0n) is 15.1. The summed E-state index contributed by atoms with van der Waals surface area (Å²) in [4.78, 5) is 24.7. The third-order valence-corrected chi connectivity index (χ3v) is 4.58. The molecule has 9 heteroatoms. The van der Waals surface area contributed by atoms with E-state index in [1.54, 1.807) is 18.2 Å². The number of non-ortho nitro benzene ring substituents is 1. The minimum Gasteiger partial charge on any atom is -0.485 e. The molecule has 0 saturated carbocycles. The molecule has 29 heavy (non-hydrogen) atoms. The van der Waals surface area contributed by atoms with Crippen molar-refractivity contribution in [3.05, 3.63) is 92.1 Å². The molecule has 1 aromatic heterocycles. The van der Waals surface area contributed by atoms with Crippen LogP contribution in [0.25, 0.3) is 0 Å². The number of nitro benzene ring substituents is 1. The molecule has 1 atom stereocenters. The van der Waals surface area contributed by atoms with E-state index in [1.165, 1.54) is 24.3 Å². The van der Waals surface area contributed by atoms with E-state index >= 15 is 0 Å². The Morgan fingerprint density at radius 1 is 1.00 bits per heavy atom. The molecule has 2 heterocycles. The summed E-state index contributed by atoms with van der Waals surface area (Å²) in [6.45, 7) is 0. The van der Waals surface area contributed by atoms with Crippen LogP contribution in [0.1, 0.15) is 23.7 Å². The number of nitrogens with zero attached hydrogens (tertiary/aromatic N) is 3. The van der Waals surface area contributed by atoms with Gasteiger partial charge in [0.15, 0.2) is 0 Å². The molecule has 1 aliphatic rings. The van der Waals surface area contributed by atoms with Gasteiger partial charge < -0.3 is 9.47 Å². The highest BCUT2D eigenvalue weighted by Crippen LogP contribution is 2.38. The highest BCUT2D eigenvalue weighted by atomic mass is 16.6. The third-order valence-electron chi connectivity index (χ3n) is 4.58. The van der Waals surface area contributed by atoms with Crippen molar-refractivity contribution < 1.29 is 19.3 Å². The first kappa shape index (κ1) is 18.4. The molecule has 0 saturated heterocycles. The van der Waals surface area contributed by atoms with Crippen LogP contribution in [0.2, 0.25) is 0 Å². The van der Waals surface area contributed by atoms with Crippen molar-refractivity contribution in [2.24, 2.45) is 0 Å². The molecule has 2 aromatic carbocycles. The van der Waals surface area contributed by atoms with Gasteiger partial charge in [0, 0.05) is 24.3 Å². The zero-order chi connectivity index (χ0) is 20.4. The first-order valence-corrected chi connectivity index (χ1v) is 8.82. The number of ether oxygens (including phenoxy) is 2. The fourth-order valence-corrected chi connectivity index (χ4v) is 3.16. The summed E-state index contributed by atoms with van der Waals surface area (Å²) in [7, 11) is 0. The van der Waals surface area contributed by atoms with E-state index in [1.807, 2.05) is 12.1 Å². The van der Waals surface area contributed by atoms with Crippen LogP contribution in [-0.2, 0) is 6.42 Å². The van der Waals surface area contributed by atoms with Crippen LogP contribution in [0.5, 0.6) is 17.4 Å². The van der Waals surface area contributed by atoms with E-state index in [2.05, 4.69) is 4.98 Å². The van der Waals surface area contributed by atoms with E-state index in [4.69, 9.17) is 9.47 Å². The Morgan fingerprint density at radius 2 is 1.83 bits per heavy atom. The van der Waals surface area contributed by atoms with Gasteiger partial charge in [0.25, 0.3) is 11.4 Å². The second kappa shape index (κ2) is 7.55. The van der Waals surface area contributed by atoms with Crippen LogP contribution in [0.3, 0.4) is 0 Å². The molecule has 0 aliphatic carbocycles. The van der Waals surface area contributed by atoms with Crippen LogP contribution < -0.4 is 9.47 Å². The standard InChI is InChI=1S/C20H15N3O6/c24-22(25)15-3-1-2-13(10-15)18-7-4-14-11-17(6-8-19(14)29-18)28-20-9-5-16(12-21-20)23(26)27/h1-3,5-6,8-12,18H,4,7H2. The maximum absolute atomic E-state index is 11.0. The lowest BCUT2D eigenvalue weighted by molar-refractivity contribution is -0.385. The minimum atomic E-state index is -0.523. The second-order valence-electron chi connectivity index (χ2n) is 6.48. The van der Waals surface area contributed by atoms with Crippen LogP contribution in [-0.4, -0.2) is 14.8 Å². The topological polar surface area (TPSA) is 118 Å². The lowest BCUT2D eigenvalue weighted by atomic mass is 9.97. The quantitative estimate of drug-likeness (QED) is 0.453. The molecule has 9 nitrogen and oxygen atoms in total. The number of nitro groups is 2. The fraction of sp³-hybridized carbons (Fsp3) is 0.150. The van der Waals surface area contributed by atoms with Gasteiger partial charge in [-0.25, -0.2) is 4.98 Å². The Balaban J connectivity index is 1.49. The van der Waals surface area contributed by atoms with Crippen molar-refractivity contribution in [1.82, 2.24) is 4.98 Å². The fourth-order valence-electron chi connectivity index (χ4n) is 3.16. The van der Waals surface area contributed by atoms with Crippen molar-refractivity contribution in [1.29, 1.82) is 0 Å². The number of fused-ring (bicyclic) bond motifs is 1. The molecule has 1 unspecified atom stereocenters. The molecular weight excluding hydrogens is 378 g/mol. The Bertz CT molecular complexity index is 1080. The maximum Gasteiger partial charge on any atom is 0.287 e. The highest BCUT2D eigenvalue weighted by molar-refractivity contribution is 5.44. The largest absolute Gasteiger partial charge is 0.485 e. The van der Waals surface area contributed by atoms with Crippen molar-refractivity contribution in [2.75, 3.05) is 0 Å². The predicted molar refractivity (Wildman–Crippen MR) is 102 cm³/mol. The molecule has 146 valence electrons. The van der Waals surface area contributed by atoms with E-state index in [9.17, 15) is 20.2 Å². The third kappa shape index (κ3) is 3.98. The number of benzene rings is 2.